The van der Waals surface area contributed by atoms with Gasteiger partial charge >= 0.3 is 0 Å². The van der Waals surface area contributed by atoms with Crippen molar-refractivity contribution in [2.75, 3.05) is 40.3 Å². The summed E-state index contributed by atoms with van der Waals surface area (Å²) in [4.78, 5) is 17.1. The fourth-order valence-electron chi connectivity index (χ4n) is 3.99. The van der Waals surface area contributed by atoms with E-state index >= 15 is 0 Å². The van der Waals surface area contributed by atoms with Crippen molar-refractivity contribution in [3.63, 3.8) is 0 Å². The van der Waals surface area contributed by atoms with E-state index in [4.69, 9.17) is 23.2 Å². The minimum Gasteiger partial charge on any atom is -0.341 e. The number of benzene rings is 1. The standard InChI is InChI=1S/C19H27Cl2N3O3S/c1-22(2)16-4-3-9-23(13-16)19(25)14-7-10-24(11-8-14)28(26,27)18-12-15(20)5-6-17(18)21/h5-6,12,14,16H,3-4,7-11,13H2,1-2H3. The minimum atomic E-state index is -3.72. The fourth-order valence-corrected chi connectivity index (χ4v) is 6.20. The van der Waals surface area contributed by atoms with E-state index in [0.717, 1.165) is 25.9 Å². The normalized spacial score (nSPS) is 22.6. The number of halogens is 2. The summed E-state index contributed by atoms with van der Waals surface area (Å²) in [6, 6.07) is 4.83. The van der Waals surface area contributed by atoms with Crippen molar-refractivity contribution < 1.29 is 13.2 Å². The number of nitrogens with zero attached hydrogens (tertiary/aromatic N) is 3. The number of likely N-dealkylation sites (N-methyl/N-ethyl adjacent to an activating group) is 1. The first kappa shape index (κ1) is 21.8. The molecule has 2 saturated heterocycles. The van der Waals surface area contributed by atoms with Gasteiger partial charge in [-0.3, -0.25) is 4.79 Å². The van der Waals surface area contributed by atoms with Crippen molar-refractivity contribution >= 4 is 39.1 Å². The van der Waals surface area contributed by atoms with Crippen LogP contribution in [0.5, 0.6) is 0 Å². The zero-order valence-corrected chi connectivity index (χ0v) is 18.6. The molecule has 1 unspecified atom stereocenters. The maximum atomic E-state index is 12.9. The Hall–Kier alpha value is -0.860. The first-order chi connectivity index (χ1) is 13.2. The van der Waals surface area contributed by atoms with E-state index in [1.54, 1.807) is 6.07 Å². The number of likely N-dealkylation sites (tertiary alicyclic amines) is 1. The first-order valence-corrected chi connectivity index (χ1v) is 11.8. The lowest BCUT2D eigenvalue weighted by atomic mass is 9.94. The Kier molecular flexibility index (Phi) is 6.92. The van der Waals surface area contributed by atoms with E-state index in [1.807, 2.05) is 19.0 Å². The highest BCUT2D eigenvalue weighted by molar-refractivity contribution is 7.89. The van der Waals surface area contributed by atoms with Crippen molar-refractivity contribution in [1.82, 2.24) is 14.1 Å². The third-order valence-corrected chi connectivity index (χ3v) is 8.37. The van der Waals surface area contributed by atoms with Gasteiger partial charge in [-0.25, -0.2) is 8.42 Å². The Balaban J connectivity index is 1.64. The van der Waals surface area contributed by atoms with Gasteiger partial charge in [0, 0.05) is 43.2 Å². The molecule has 6 nitrogen and oxygen atoms in total. The lowest BCUT2D eigenvalue weighted by Gasteiger charge is -2.39. The van der Waals surface area contributed by atoms with Gasteiger partial charge < -0.3 is 9.80 Å². The third-order valence-electron chi connectivity index (χ3n) is 5.75. The molecule has 2 heterocycles. The largest absolute Gasteiger partial charge is 0.341 e. The predicted octanol–water partition coefficient (Wildman–Crippen LogP) is 2.95. The number of hydrogen-bond acceptors (Lipinski definition) is 4. The van der Waals surface area contributed by atoms with E-state index < -0.39 is 10.0 Å². The monoisotopic (exact) mass is 447 g/mol. The zero-order chi connectivity index (χ0) is 20.5. The van der Waals surface area contributed by atoms with Crippen LogP contribution in [0, 0.1) is 5.92 Å². The average Bonchev–Trinajstić information content (AvgIpc) is 2.69. The summed E-state index contributed by atoms with van der Waals surface area (Å²) in [5.74, 6) is 0.0339. The molecular formula is C19H27Cl2N3O3S. The van der Waals surface area contributed by atoms with Gasteiger partial charge in [0.05, 0.1) is 5.02 Å². The van der Waals surface area contributed by atoms with Crippen LogP contribution in [0.4, 0.5) is 0 Å². The van der Waals surface area contributed by atoms with Crippen LogP contribution < -0.4 is 0 Å². The maximum absolute atomic E-state index is 12.9. The number of carbonyl (C=O) groups is 1. The summed E-state index contributed by atoms with van der Waals surface area (Å²) in [6.07, 6.45) is 3.17. The summed E-state index contributed by atoms with van der Waals surface area (Å²) in [5.41, 5.74) is 0. The summed E-state index contributed by atoms with van der Waals surface area (Å²) >= 11 is 12.0. The number of amides is 1. The molecule has 0 spiro atoms. The van der Waals surface area contributed by atoms with Gasteiger partial charge in [0.1, 0.15) is 4.90 Å². The molecular weight excluding hydrogens is 421 g/mol. The SMILES string of the molecule is CN(C)C1CCCN(C(=O)C2CCN(S(=O)(=O)c3cc(Cl)ccc3Cl)CC2)C1. The number of hydrogen-bond donors (Lipinski definition) is 0. The van der Waals surface area contributed by atoms with Gasteiger partial charge in [0.2, 0.25) is 15.9 Å². The summed E-state index contributed by atoms with van der Waals surface area (Å²) in [7, 11) is 0.365. The van der Waals surface area contributed by atoms with Crippen molar-refractivity contribution in [2.24, 2.45) is 5.92 Å². The second kappa shape index (κ2) is 8.88. The molecule has 2 aliphatic rings. The molecule has 1 amide bonds. The van der Waals surface area contributed by atoms with Crippen LogP contribution in [-0.2, 0) is 14.8 Å². The van der Waals surface area contributed by atoms with E-state index in [0.29, 0.717) is 37.0 Å². The molecule has 1 aromatic carbocycles. The summed E-state index contributed by atoms with van der Waals surface area (Å²) in [5, 5.41) is 0.485. The predicted molar refractivity (Wildman–Crippen MR) is 111 cm³/mol. The van der Waals surface area contributed by atoms with Crippen molar-refractivity contribution in [3.8, 4) is 0 Å². The molecule has 9 heteroatoms. The van der Waals surface area contributed by atoms with Crippen LogP contribution in [0.2, 0.25) is 10.0 Å². The van der Waals surface area contributed by atoms with E-state index in [2.05, 4.69) is 4.90 Å². The molecule has 3 rings (SSSR count). The smallest absolute Gasteiger partial charge is 0.244 e. The van der Waals surface area contributed by atoms with Crippen molar-refractivity contribution in [2.45, 2.75) is 36.6 Å². The molecule has 2 fully saturated rings. The van der Waals surface area contributed by atoms with Crippen LogP contribution in [0.1, 0.15) is 25.7 Å². The van der Waals surface area contributed by atoms with Crippen LogP contribution in [0.25, 0.3) is 0 Å². The Morgan fingerprint density at radius 1 is 1.11 bits per heavy atom. The van der Waals surface area contributed by atoms with Crippen LogP contribution in [0.15, 0.2) is 23.1 Å². The third kappa shape index (κ3) is 4.65. The van der Waals surface area contributed by atoms with Crippen molar-refractivity contribution in [1.29, 1.82) is 0 Å². The lowest BCUT2D eigenvalue weighted by Crippen LogP contribution is -2.51. The Morgan fingerprint density at radius 2 is 1.79 bits per heavy atom. The van der Waals surface area contributed by atoms with Gasteiger partial charge in [-0.05, 0) is 58.0 Å². The molecule has 156 valence electrons. The molecule has 0 radical (unpaired) electrons. The second-order valence-electron chi connectivity index (χ2n) is 7.80. The highest BCUT2D eigenvalue weighted by Crippen LogP contribution is 2.31. The molecule has 0 bridgehead atoms. The van der Waals surface area contributed by atoms with Gasteiger partial charge in [0.15, 0.2) is 0 Å². The van der Waals surface area contributed by atoms with Gasteiger partial charge in [-0.2, -0.15) is 4.31 Å². The molecule has 0 saturated carbocycles. The van der Waals surface area contributed by atoms with Gasteiger partial charge in [-0.1, -0.05) is 23.2 Å². The minimum absolute atomic E-state index is 0.0244. The summed E-state index contributed by atoms with van der Waals surface area (Å²) < 4.78 is 27.3. The zero-order valence-electron chi connectivity index (χ0n) is 16.3. The van der Waals surface area contributed by atoms with Gasteiger partial charge in [-0.15, -0.1) is 0 Å². The average molecular weight is 448 g/mol. The van der Waals surface area contributed by atoms with E-state index in [1.165, 1.54) is 16.4 Å². The molecule has 1 atom stereocenters. The fraction of sp³-hybridized carbons (Fsp3) is 0.632. The maximum Gasteiger partial charge on any atom is 0.244 e. The molecule has 0 aromatic heterocycles. The van der Waals surface area contributed by atoms with Crippen LogP contribution in [0.3, 0.4) is 0 Å². The summed E-state index contributed by atoms with van der Waals surface area (Å²) in [6.45, 7) is 2.17. The molecule has 0 aliphatic carbocycles. The molecule has 0 N–H and O–H groups in total. The van der Waals surface area contributed by atoms with Gasteiger partial charge in [0.25, 0.3) is 0 Å². The molecule has 2 aliphatic heterocycles. The van der Waals surface area contributed by atoms with Crippen LogP contribution in [-0.4, -0.2) is 74.7 Å². The highest BCUT2D eigenvalue weighted by atomic mass is 35.5. The molecule has 28 heavy (non-hydrogen) atoms. The number of piperidine rings is 2. The first-order valence-electron chi connectivity index (χ1n) is 9.60. The topological polar surface area (TPSA) is 60.9 Å². The van der Waals surface area contributed by atoms with E-state index in [9.17, 15) is 13.2 Å². The lowest BCUT2D eigenvalue weighted by molar-refractivity contribution is -0.138. The Morgan fingerprint density at radius 3 is 2.43 bits per heavy atom. The second-order valence-corrected chi connectivity index (χ2v) is 10.5. The van der Waals surface area contributed by atoms with Crippen molar-refractivity contribution in [3.05, 3.63) is 28.2 Å². The number of sulfonamides is 1. The number of carbonyl (C=O) groups excluding carboxylic acids is 1. The Labute approximate surface area is 177 Å². The highest BCUT2D eigenvalue weighted by Gasteiger charge is 2.36. The molecule has 1 aromatic rings. The quantitative estimate of drug-likeness (QED) is 0.711. The number of rotatable bonds is 4. The Bertz CT molecular complexity index is 824. The van der Waals surface area contributed by atoms with Crippen LogP contribution >= 0.6 is 23.2 Å². The van der Waals surface area contributed by atoms with E-state index in [-0.39, 0.29) is 21.7 Å².